The fourth-order valence-corrected chi connectivity index (χ4v) is 4.53. The first kappa shape index (κ1) is 17.6. The smallest absolute Gasteiger partial charge is 0.291 e. The summed E-state index contributed by atoms with van der Waals surface area (Å²) in [4.78, 5) is 13.1. The molecule has 0 saturated carbocycles. The van der Waals surface area contributed by atoms with Crippen LogP contribution in [-0.4, -0.2) is 37.6 Å². The second kappa shape index (κ2) is 6.82. The Balaban J connectivity index is 1.55. The quantitative estimate of drug-likeness (QED) is 0.524. The number of aromatic nitrogens is 5. The summed E-state index contributed by atoms with van der Waals surface area (Å²) >= 11 is 1.62. The van der Waals surface area contributed by atoms with Gasteiger partial charge in [0.2, 0.25) is 11.8 Å². The van der Waals surface area contributed by atoms with E-state index >= 15 is 0 Å². The first-order valence-electron chi connectivity index (χ1n) is 9.51. The maximum atomic E-state index is 13.1. The van der Waals surface area contributed by atoms with Crippen LogP contribution < -0.4 is 5.56 Å². The standard InChI is InChI=1S/C19H21N5O3S/c1-11(2)17-22-23(19(25)14-9-15-13(24(14)17)5-8-28-15)10-16-20-21-18(27-16)12-3-6-26-7-4-12/h5,8-9,11-12H,3-4,6-7,10H2,1-2H3. The van der Waals surface area contributed by atoms with Gasteiger partial charge in [0.15, 0.2) is 0 Å². The predicted octanol–water partition coefficient (Wildman–Crippen LogP) is 3.16. The van der Waals surface area contributed by atoms with Crippen LogP contribution in [0.3, 0.4) is 0 Å². The maximum Gasteiger partial charge on any atom is 0.291 e. The van der Waals surface area contributed by atoms with Crippen molar-refractivity contribution in [3.63, 3.8) is 0 Å². The molecular weight excluding hydrogens is 378 g/mol. The van der Waals surface area contributed by atoms with Crippen molar-refractivity contribution in [1.29, 1.82) is 0 Å². The van der Waals surface area contributed by atoms with Crippen molar-refractivity contribution in [3.8, 4) is 0 Å². The average Bonchev–Trinajstić information content (AvgIpc) is 3.41. The van der Waals surface area contributed by atoms with Crippen molar-refractivity contribution in [2.75, 3.05) is 13.2 Å². The molecule has 0 radical (unpaired) electrons. The van der Waals surface area contributed by atoms with Crippen LogP contribution >= 0.6 is 11.3 Å². The van der Waals surface area contributed by atoms with Crippen molar-refractivity contribution in [2.24, 2.45) is 0 Å². The van der Waals surface area contributed by atoms with Crippen molar-refractivity contribution in [1.82, 2.24) is 24.4 Å². The third-order valence-corrected chi connectivity index (χ3v) is 6.04. The van der Waals surface area contributed by atoms with Crippen LogP contribution in [0.25, 0.3) is 15.7 Å². The molecule has 5 rings (SSSR count). The normalized spacial score (nSPS) is 16.0. The van der Waals surface area contributed by atoms with E-state index < -0.39 is 0 Å². The van der Waals surface area contributed by atoms with Crippen LogP contribution in [0.2, 0.25) is 0 Å². The Labute approximate surface area is 164 Å². The molecule has 0 atom stereocenters. The highest BCUT2D eigenvalue weighted by Gasteiger charge is 2.23. The summed E-state index contributed by atoms with van der Waals surface area (Å²) < 4.78 is 15.7. The average molecular weight is 399 g/mol. The van der Waals surface area contributed by atoms with Gasteiger partial charge >= 0.3 is 0 Å². The van der Waals surface area contributed by atoms with Gasteiger partial charge in [-0.2, -0.15) is 5.10 Å². The van der Waals surface area contributed by atoms with Gasteiger partial charge < -0.3 is 9.15 Å². The number of fused-ring (bicyclic) bond motifs is 3. The highest BCUT2D eigenvalue weighted by molar-refractivity contribution is 7.17. The molecule has 0 amide bonds. The van der Waals surface area contributed by atoms with Crippen LogP contribution in [0.1, 0.15) is 56.1 Å². The van der Waals surface area contributed by atoms with Crippen molar-refractivity contribution >= 4 is 27.1 Å². The topological polar surface area (TPSA) is 87.4 Å². The molecule has 5 heterocycles. The minimum atomic E-state index is -0.154. The van der Waals surface area contributed by atoms with Crippen molar-refractivity contribution in [3.05, 3.63) is 45.5 Å². The maximum absolute atomic E-state index is 13.1. The summed E-state index contributed by atoms with van der Waals surface area (Å²) in [7, 11) is 0. The molecule has 0 spiro atoms. The molecule has 28 heavy (non-hydrogen) atoms. The zero-order chi connectivity index (χ0) is 19.3. The summed E-state index contributed by atoms with van der Waals surface area (Å²) in [6, 6.07) is 3.97. The van der Waals surface area contributed by atoms with Crippen molar-refractivity contribution in [2.45, 2.75) is 45.1 Å². The molecule has 1 aliphatic rings. The third-order valence-electron chi connectivity index (χ3n) is 5.18. The molecule has 4 aromatic heterocycles. The highest BCUT2D eigenvalue weighted by atomic mass is 32.1. The zero-order valence-electron chi connectivity index (χ0n) is 15.8. The fraction of sp³-hybridized carbons (Fsp3) is 0.474. The van der Waals surface area contributed by atoms with E-state index in [0.717, 1.165) is 28.9 Å². The van der Waals surface area contributed by atoms with Gasteiger partial charge in [-0.15, -0.1) is 21.5 Å². The van der Waals surface area contributed by atoms with Gasteiger partial charge in [0, 0.05) is 25.0 Å². The van der Waals surface area contributed by atoms with E-state index in [9.17, 15) is 4.79 Å². The Morgan fingerprint density at radius 1 is 1.25 bits per heavy atom. The van der Waals surface area contributed by atoms with E-state index in [4.69, 9.17) is 9.15 Å². The van der Waals surface area contributed by atoms with Gasteiger partial charge in [-0.1, -0.05) is 13.8 Å². The monoisotopic (exact) mass is 399 g/mol. The van der Waals surface area contributed by atoms with Crippen molar-refractivity contribution < 1.29 is 9.15 Å². The fourth-order valence-electron chi connectivity index (χ4n) is 3.72. The van der Waals surface area contributed by atoms with E-state index in [1.54, 1.807) is 11.3 Å². The lowest BCUT2D eigenvalue weighted by Gasteiger charge is -2.18. The molecule has 0 aliphatic carbocycles. The summed E-state index contributed by atoms with van der Waals surface area (Å²) in [6.45, 7) is 5.74. The molecule has 1 fully saturated rings. The van der Waals surface area contributed by atoms with Crippen LogP contribution in [0.5, 0.6) is 0 Å². The number of hydrogen-bond acceptors (Lipinski definition) is 7. The lowest BCUT2D eigenvalue weighted by Crippen LogP contribution is -2.28. The van der Waals surface area contributed by atoms with E-state index in [0.29, 0.717) is 30.5 Å². The zero-order valence-corrected chi connectivity index (χ0v) is 16.6. The van der Waals surface area contributed by atoms with Gasteiger partial charge in [-0.3, -0.25) is 9.20 Å². The van der Waals surface area contributed by atoms with E-state index in [2.05, 4.69) is 29.1 Å². The summed E-state index contributed by atoms with van der Waals surface area (Å²) in [5.41, 5.74) is 1.50. The van der Waals surface area contributed by atoms with E-state index in [-0.39, 0.29) is 23.9 Å². The van der Waals surface area contributed by atoms with Gasteiger partial charge in [0.05, 0.1) is 10.2 Å². The first-order valence-corrected chi connectivity index (χ1v) is 10.4. The Kier molecular flexibility index (Phi) is 4.28. The Morgan fingerprint density at radius 2 is 2.07 bits per heavy atom. The minimum absolute atomic E-state index is 0.154. The molecule has 4 aromatic rings. The van der Waals surface area contributed by atoms with Gasteiger partial charge in [0.1, 0.15) is 17.9 Å². The summed E-state index contributed by atoms with van der Waals surface area (Å²) in [5, 5.41) is 15.0. The number of hydrogen-bond donors (Lipinski definition) is 0. The van der Waals surface area contributed by atoms with E-state index in [1.165, 1.54) is 4.68 Å². The lowest BCUT2D eigenvalue weighted by atomic mass is 10.0. The molecule has 146 valence electrons. The number of ether oxygens (including phenoxy) is 1. The second-order valence-corrected chi connectivity index (χ2v) is 8.38. The van der Waals surface area contributed by atoms with Crippen LogP contribution in [0.15, 0.2) is 26.7 Å². The predicted molar refractivity (Wildman–Crippen MR) is 105 cm³/mol. The molecule has 0 aromatic carbocycles. The first-order chi connectivity index (χ1) is 13.6. The van der Waals surface area contributed by atoms with Crippen LogP contribution in [0.4, 0.5) is 0 Å². The lowest BCUT2D eigenvalue weighted by molar-refractivity contribution is 0.0791. The number of nitrogens with zero attached hydrogens (tertiary/aromatic N) is 5. The highest BCUT2D eigenvalue weighted by Crippen LogP contribution is 2.27. The molecular formula is C19H21N5O3S. The van der Waals surface area contributed by atoms with E-state index in [1.807, 2.05) is 21.9 Å². The summed E-state index contributed by atoms with van der Waals surface area (Å²) in [5.74, 6) is 2.26. The Morgan fingerprint density at radius 3 is 2.86 bits per heavy atom. The molecule has 0 bridgehead atoms. The Bertz CT molecular complexity index is 1200. The molecule has 8 nitrogen and oxygen atoms in total. The molecule has 9 heteroatoms. The SMILES string of the molecule is CC(C)c1nn(Cc2nnc(C3CCOCC3)o2)c(=O)c2cc3sccc3n12. The van der Waals surface area contributed by atoms with Gasteiger partial charge in [-0.05, 0) is 30.4 Å². The van der Waals surface area contributed by atoms with Gasteiger partial charge in [0.25, 0.3) is 5.56 Å². The molecule has 1 saturated heterocycles. The number of rotatable bonds is 4. The molecule has 0 unspecified atom stereocenters. The number of thiophene rings is 1. The van der Waals surface area contributed by atoms with Crippen LogP contribution in [-0.2, 0) is 11.3 Å². The molecule has 0 N–H and O–H groups in total. The summed E-state index contributed by atoms with van der Waals surface area (Å²) in [6.07, 6.45) is 1.76. The third kappa shape index (κ3) is 2.85. The minimum Gasteiger partial charge on any atom is -0.423 e. The van der Waals surface area contributed by atoms with Gasteiger partial charge in [-0.25, -0.2) is 4.68 Å². The Hall–Kier alpha value is -2.52. The largest absolute Gasteiger partial charge is 0.423 e. The van der Waals surface area contributed by atoms with Crippen LogP contribution in [0, 0.1) is 0 Å². The molecule has 1 aliphatic heterocycles. The second-order valence-electron chi connectivity index (χ2n) is 7.43.